The summed E-state index contributed by atoms with van der Waals surface area (Å²) in [5, 5.41) is 10.3. The summed E-state index contributed by atoms with van der Waals surface area (Å²) in [7, 11) is 1.59. The number of carbonyl (C=O) groups excluding carboxylic acids is 1. The van der Waals surface area contributed by atoms with Crippen molar-refractivity contribution in [3.05, 3.63) is 65.3 Å². The average molecular weight is 563 g/mol. The summed E-state index contributed by atoms with van der Waals surface area (Å²) in [5.41, 5.74) is 3.23. The van der Waals surface area contributed by atoms with E-state index in [1.165, 1.54) is 25.8 Å². The summed E-state index contributed by atoms with van der Waals surface area (Å²) in [4.78, 5) is 27.8. The third-order valence-corrected chi connectivity index (χ3v) is 7.26. The Labute approximate surface area is 242 Å². The number of methoxy groups -OCH3 is 1. The number of hydrogen-bond donors (Lipinski definition) is 0. The van der Waals surface area contributed by atoms with Gasteiger partial charge in [0.25, 0.3) is 0 Å². The van der Waals surface area contributed by atoms with Gasteiger partial charge in [-0.2, -0.15) is 15.2 Å². The number of rotatable bonds is 5. The van der Waals surface area contributed by atoms with Gasteiger partial charge in [-0.25, -0.2) is 0 Å². The van der Waals surface area contributed by atoms with Crippen LogP contribution in [0.5, 0.6) is 6.01 Å². The SMILES string of the molecule is C=CC(=O)N1CCN(c2nc(OC)nc3c2CCN(c2cccc4cccc(Cl)c24)C3)CC1.CC#N.CCCC. The van der Waals surface area contributed by atoms with E-state index in [0.717, 1.165) is 64.6 Å². The van der Waals surface area contributed by atoms with Gasteiger partial charge in [-0.1, -0.05) is 69.1 Å². The van der Waals surface area contributed by atoms with Crippen molar-refractivity contribution in [1.82, 2.24) is 14.9 Å². The van der Waals surface area contributed by atoms with E-state index in [0.29, 0.717) is 25.6 Å². The Kier molecular flexibility index (Phi) is 11.6. The van der Waals surface area contributed by atoms with E-state index >= 15 is 0 Å². The van der Waals surface area contributed by atoms with Gasteiger partial charge in [0.15, 0.2) is 0 Å². The highest BCUT2D eigenvalue weighted by Crippen LogP contribution is 2.37. The number of nitrogens with zero attached hydrogens (tertiary/aromatic N) is 6. The minimum atomic E-state index is -0.0265. The number of fused-ring (bicyclic) bond motifs is 2. The molecule has 40 heavy (non-hydrogen) atoms. The summed E-state index contributed by atoms with van der Waals surface area (Å²) in [5.74, 6) is 0.888. The van der Waals surface area contributed by atoms with Crippen molar-refractivity contribution >= 4 is 39.8 Å². The summed E-state index contributed by atoms with van der Waals surface area (Å²) in [6, 6.07) is 14.4. The third kappa shape index (κ3) is 7.22. The zero-order valence-corrected chi connectivity index (χ0v) is 24.7. The number of hydrogen-bond acceptors (Lipinski definition) is 7. The van der Waals surface area contributed by atoms with Crippen LogP contribution in [-0.2, 0) is 17.8 Å². The fourth-order valence-corrected chi connectivity index (χ4v) is 5.03. The van der Waals surface area contributed by atoms with E-state index in [9.17, 15) is 4.79 Å². The molecule has 1 aromatic heterocycles. The molecule has 9 heteroatoms. The van der Waals surface area contributed by atoms with Gasteiger partial charge in [-0.05, 0) is 30.0 Å². The Morgan fingerprint density at radius 2 is 1.73 bits per heavy atom. The number of ether oxygens (including phenoxy) is 1. The van der Waals surface area contributed by atoms with Crippen LogP contribution in [0, 0.1) is 11.3 Å². The Balaban J connectivity index is 0.000000569. The molecule has 2 aliphatic rings. The molecule has 1 saturated heterocycles. The van der Waals surface area contributed by atoms with Crippen LogP contribution in [0.2, 0.25) is 5.02 Å². The number of unbranched alkanes of at least 4 members (excludes halogenated alkanes) is 1. The molecule has 0 saturated carbocycles. The highest BCUT2D eigenvalue weighted by atomic mass is 35.5. The van der Waals surface area contributed by atoms with Crippen LogP contribution in [0.15, 0.2) is 49.1 Å². The summed E-state index contributed by atoms with van der Waals surface area (Å²) in [6.07, 6.45) is 4.83. The van der Waals surface area contributed by atoms with Gasteiger partial charge in [-0.15, -0.1) is 0 Å². The molecule has 5 rings (SSSR count). The largest absolute Gasteiger partial charge is 0.467 e. The van der Waals surface area contributed by atoms with E-state index in [2.05, 4.69) is 54.5 Å². The van der Waals surface area contributed by atoms with Crippen molar-refractivity contribution in [2.45, 2.75) is 46.6 Å². The maximum absolute atomic E-state index is 12.0. The summed E-state index contributed by atoms with van der Waals surface area (Å²) >= 11 is 6.59. The van der Waals surface area contributed by atoms with Gasteiger partial charge in [0.1, 0.15) is 5.82 Å². The number of carbonyl (C=O) groups is 1. The second kappa shape index (κ2) is 15.1. The topological polar surface area (TPSA) is 85.6 Å². The Morgan fingerprint density at radius 1 is 1.07 bits per heavy atom. The van der Waals surface area contributed by atoms with E-state index in [1.807, 2.05) is 17.0 Å². The molecule has 2 aromatic carbocycles. The van der Waals surface area contributed by atoms with E-state index in [4.69, 9.17) is 31.6 Å². The number of anilines is 2. The van der Waals surface area contributed by atoms with Gasteiger partial charge >= 0.3 is 6.01 Å². The highest BCUT2D eigenvalue weighted by Gasteiger charge is 2.29. The molecule has 0 radical (unpaired) electrons. The molecule has 0 bridgehead atoms. The van der Waals surface area contributed by atoms with Crippen LogP contribution in [0.3, 0.4) is 0 Å². The number of piperazine rings is 1. The number of amides is 1. The predicted molar refractivity (Wildman–Crippen MR) is 163 cm³/mol. The quantitative estimate of drug-likeness (QED) is 0.351. The van der Waals surface area contributed by atoms with E-state index in [1.54, 1.807) is 13.2 Å². The molecule has 3 heterocycles. The first-order valence-corrected chi connectivity index (χ1v) is 14.1. The monoisotopic (exact) mass is 562 g/mol. The second-order valence-corrected chi connectivity index (χ2v) is 9.89. The van der Waals surface area contributed by atoms with Crippen molar-refractivity contribution in [2.75, 3.05) is 49.6 Å². The van der Waals surface area contributed by atoms with Crippen LogP contribution < -0.4 is 14.5 Å². The average Bonchev–Trinajstić information content (AvgIpc) is 3.00. The maximum atomic E-state index is 12.0. The number of halogens is 1. The van der Waals surface area contributed by atoms with Gasteiger partial charge in [0.05, 0.1) is 30.4 Å². The van der Waals surface area contributed by atoms with E-state index in [-0.39, 0.29) is 5.91 Å². The second-order valence-electron chi connectivity index (χ2n) is 9.49. The van der Waals surface area contributed by atoms with Gasteiger partial charge in [0, 0.05) is 56.3 Å². The molecule has 1 amide bonds. The van der Waals surface area contributed by atoms with Crippen molar-refractivity contribution in [3.8, 4) is 12.1 Å². The number of benzene rings is 2. The fourth-order valence-electron chi connectivity index (χ4n) is 4.75. The highest BCUT2D eigenvalue weighted by molar-refractivity contribution is 6.36. The molecule has 0 atom stereocenters. The zero-order valence-electron chi connectivity index (χ0n) is 24.0. The lowest BCUT2D eigenvalue weighted by Gasteiger charge is -2.38. The van der Waals surface area contributed by atoms with Gasteiger partial charge in [-0.3, -0.25) is 4.79 Å². The summed E-state index contributed by atoms with van der Waals surface area (Å²) in [6.45, 7) is 13.6. The molecule has 8 nitrogen and oxygen atoms in total. The zero-order chi connectivity index (χ0) is 29.1. The Morgan fingerprint density at radius 3 is 2.33 bits per heavy atom. The van der Waals surface area contributed by atoms with Crippen molar-refractivity contribution in [3.63, 3.8) is 0 Å². The lowest BCUT2D eigenvalue weighted by atomic mass is 10.0. The van der Waals surface area contributed by atoms with Crippen LogP contribution in [0.1, 0.15) is 44.9 Å². The van der Waals surface area contributed by atoms with Crippen molar-refractivity contribution in [1.29, 1.82) is 5.26 Å². The van der Waals surface area contributed by atoms with Crippen molar-refractivity contribution in [2.24, 2.45) is 0 Å². The normalized spacial score (nSPS) is 14.2. The molecule has 212 valence electrons. The molecule has 0 unspecified atom stereocenters. The number of aromatic nitrogens is 2. The minimum Gasteiger partial charge on any atom is -0.467 e. The first kappa shape index (κ1) is 30.7. The summed E-state index contributed by atoms with van der Waals surface area (Å²) < 4.78 is 5.45. The maximum Gasteiger partial charge on any atom is 0.318 e. The van der Waals surface area contributed by atoms with Crippen LogP contribution in [0.4, 0.5) is 11.5 Å². The fraction of sp³-hybridized carbons (Fsp3) is 0.419. The standard InChI is InChI=1S/C25H26ClN5O2.C4H10.C2H3N/c1-3-22(32)29-12-14-30(15-13-29)24-18-10-11-31(16-20(18)27-25(28-24)33-2)21-9-5-7-17-6-4-8-19(26)23(17)21;1-3-4-2;1-2-3/h3-9H,1,10-16H2,2H3;3-4H2,1-2H3;1H3. The Hall–Kier alpha value is -3.83. The van der Waals surface area contributed by atoms with E-state index < -0.39 is 0 Å². The molecule has 0 N–H and O–H groups in total. The molecule has 2 aliphatic heterocycles. The van der Waals surface area contributed by atoms with Gasteiger partial charge in [0.2, 0.25) is 5.91 Å². The Bertz CT molecular complexity index is 1340. The molecule has 0 spiro atoms. The smallest absolute Gasteiger partial charge is 0.318 e. The first-order chi connectivity index (χ1) is 19.4. The van der Waals surface area contributed by atoms with Crippen LogP contribution in [-0.4, -0.2) is 60.6 Å². The first-order valence-electron chi connectivity index (χ1n) is 13.7. The number of nitriles is 1. The molecular formula is C31H39ClN6O2. The van der Waals surface area contributed by atoms with Crippen LogP contribution in [0.25, 0.3) is 10.8 Å². The molecular weight excluding hydrogens is 524 g/mol. The lowest BCUT2D eigenvalue weighted by molar-refractivity contribution is -0.126. The van der Waals surface area contributed by atoms with Crippen molar-refractivity contribution < 1.29 is 9.53 Å². The third-order valence-electron chi connectivity index (χ3n) is 6.94. The molecule has 1 fully saturated rings. The van der Waals surface area contributed by atoms with Crippen LogP contribution >= 0.6 is 11.6 Å². The molecule has 3 aromatic rings. The predicted octanol–water partition coefficient (Wildman–Crippen LogP) is 6.03. The molecule has 0 aliphatic carbocycles. The lowest BCUT2D eigenvalue weighted by Crippen LogP contribution is -2.49. The minimum absolute atomic E-state index is 0.0265. The van der Waals surface area contributed by atoms with Gasteiger partial charge < -0.3 is 19.4 Å².